The molecule has 28 heavy (non-hydrogen) atoms. The van der Waals surface area contributed by atoms with Crippen molar-refractivity contribution in [2.75, 3.05) is 7.05 Å². The first-order valence-corrected chi connectivity index (χ1v) is 9.35. The molecule has 144 valence electrons. The minimum atomic E-state index is -0.309. The minimum Gasteiger partial charge on any atom is -0.334 e. The van der Waals surface area contributed by atoms with Crippen molar-refractivity contribution < 1.29 is 13.6 Å². The lowest BCUT2D eigenvalue weighted by Gasteiger charge is -2.25. The molecule has 4 nitrogen and oxygen atoms in total. The van der Waals surface area contributed by atoms with Crippen LogP contribution < -0.4 is 0 Å². The van der Waals surface area contributed by atoms with Crippen molar-refractivity contribution in [1.29, 1.82) is 0 Å². The Balaban J connectivity index is 1.67. The van der Waals surface area contributed by atoms with Gasteiger partial charge >= 0.3 is 0 Å². The summed E-state index contributed by atoms with van der Waals surface area (Å²) in [4.78, 5) is 14.8. The van der Waals surface area contributed by atoms with Crippen molar-refractivity contribution in [2.24, 2.45) is 0 Å². The number of carbonyl (C=O) groups excluding carboxylic acids is 1. The van der Waals surface area contributed by atoms with Crippen LogP contribution in [0.5, 0.6) is 0 Å². The van der Waals surface area contributed by atoms with E-state index in [1.54, 1.807) is 40.9 Å². The van der Waals surface area contributed by atoms with Gasteiger partial charge in [-0.3, -0.25) is 4.79 Å². The normalized spacial score (nSPS) is 14.0. The van der Waals surface area contributed by atoms with Gasteiger partial charge in [0.1, 0.15) is 11.6 Å². The van der Waals surface area contributed by atoms with Crippen molar-refractivity contribution in [2.45, 2.75) is 32.2 Å². The maximum atomic E-state index is 13.3. The number of hydrogen-bond donors (Lipinski definition) is 0. The summed E-state index contributed by atoms with van der Waals surface area (Å²) in [5.74, 6) is -0.784. The number of rotatable bonds is 4. The Hall–Kier alpha value is -3.02. The molecule has 4 rings (SSSR count). The van der Waals surface area contributed by atoms with E-state index in [9.17, 15) is 13.6 Å². The number of halogens is 2. The lowest BCUT2D eigenvalue weighted by molar-refractivity contribution is 0.0735. The summed E-state index contributed by atoms with van der Waals surface area (Å²) in [5.41, 5.74) is 4.01. The summed E-state index contributed by atoms with van der Waals surface area (Å²) in [6.45, 7) is 1.91. The van der Waals surface area contributed by atoms with Gasteiger partial charge < -0.3 is 4.90 Å². The third-order valence-electron chi connectivity index (χ3n) is 5.46. The number of fused-ring (bicyclic) bond motifs is 1. The lowest BCUT2D eigenvalue weighted by Crippen LogP contribution is -2.30. The molecule has 0 saturated heterocycles. The topological polar surface area (TPSA) is 38.1 Å². The van der Waals surface area contributed by atoms with Gasteiger partial charge in [-0.05, 0) is 68.1 Å². The summed E-state index contributed by atoms with van der Waals surface area (Å²) in [7, 11) is 1.73. The molecule has 0 bridgehead atoms. The van der Waals surface area contributed by atoms with Crippen molar-refractivity contribution in [3.8, 4) is 5.69 Å². The van der Waals surface area contributed by atoms with Crippen LogP contribution in [0.15, 0.2) is 48.5 Å². The Kier molecular flexibility index (Phi) is 4.71. The zero-order valence-corrected chi connectivity index (χ0v) is 15.8. The van der Waals surface area contributed by atoms with E-state index in [0.717, 1.165) is 41.8 Å². The molecule has 1 heterocycles. The number of hydrogen-bond acceptors (Lipinski definition) is 2. The van der Waals surface area contributed by atoms with Gasteiger partial charge in [-0.1, -0.05) is 12.1 Å². The van der Waals surface area contributed by atoms with Crippen LogP contribution in [0.4, 0.5) is 8.78 Å². The van der Waals surface area contributed by atoms with E-state index in [-0.39, 0.29) is 23.6 Å². The maximum Gasteiger partial charge on any atom is 0.274 e. The van der Waals surface area contributed by atoms with Crippen molar-refractivity contribution in [3.05, 3.63) is 82.7 Å². The second kappa shape index (κ2) is 7.19. The molecule has 0 saturated carbocycles. The molecule has 0 radical (unpaired) electrons. The first-order valence-electron chi connectivity index (χ1n) is 9.35. The van der Waals surface area contributed by atoms with Gasteiger partial charge in [0.15, 0.2) is 5.69 Å². The summed E-state index contributed by atoms with van der Waals surface area (Å²) < 4.78 is 28.2. The Labute approximate surface area is 162 Å². The van der Waals surface area contributed by atoms with Gasteiger partial charge in [-0.25, -0.2) is 13.5 Å². The van der Waals surface area contributed by atoms with Crippen LogP contribution in [-0.4, -0.2) is 27.6 Å². The van der Waals surface area contributed by atoms with Gasteiger partial charge in [0.25, 0.3) is 5.91 Å². The highest BCUT2D eigenvalue weighted by molar-refractivity contribution is 5.94. The molecule has 3 aromatic rings. The standard InChI is InChI=1S/C22H21F2N3O/c1-14(15-6-8-16(23)9-7-15)26(2)22(28)21-19-4-3-5-20(19)27(25-21)18-12-10-17(24)11-13-18/h6-14H,3-5H2,1-2H3. The van der Waals surface area contributed by atoms with E-state index >= 15 is 0 Å². The average Bonchev–Trinajstić information content (AvgIpc) is 3.30. The molecule has 1 aliphatic carbocycles. The summed E-state index contributed by atoms with van der Waals surface area (Å²) in [6.07, 6.45) is 2.60. The molecule has 0 spiro atoms. The van der Waals surface area contributed by atoms with E-state index in [0.29, 0.717) is 5.69 Å². The zero-order chi connectivity index (χ0) is 19.8. The number of amides is 1. The Morgan fingerprint density at radius 1 is 1.04 bits per heavy atom. The fourth-order valence-corrected chi connectivity index (χ4v) is 3.71. The molecule has 0 fully saturated rings. The van der Waals surface area contributed by atoms with Gasteiger partial charge in [-0.15, -0.1) is 0 Å². The fourth-order valence-electron chi connectivity index (χ4n) is 3.71. The van der Waals surface area contributed by atoms with Crippen LogP contribution in [0.2, 0.25) is 0 Å². The van der Waals surface area contributed by atoms with Gasteiger partial charge in [0.05, 0.1) is 11.7 Å². The fraction of sp³-hybridized carbons (Fsp3) is 0.273. The van der Waals surface area contributed by atoms with Crippen LogP contribution >= 0.6 is 0 Å². The highest BCUT2D eigenvalue weighted by Gasteiger charge is 2.30. The molecule has 6 heteroatoms. The molecular weight excluding hydrogens is 360 g/mol. The largest absolute Gasteiger partial charge is 0.334 e. The average molecular weight is 381 g/mol. The third kappa shape index (κ3) is 3.19. The second-order valence-corrected chi connectivity index (χ2v) is 7.16. The zero-order valence-electron chi connectivity index (χ0n) is 15.8. The number of aromatic nitrogens is 2. The smallest absolute Gasteiger partial charge is 0.274 e. The van der Waals surface area contributed by atoms with Crippen LogP contribution in [0.1, 0.15) is 46.7 Å². The van der Waals surface area contributed by atoms with E-state index in [1.165, 1.54) is 24.3 Å². The molecule has 2 aromatic carbocycles. The Morgan fingerprint density at radius 2 is 1.64 bits per heavy atom. The SMILES string of the molecule is CC(c1ccc(F)cc1)N(C)C(=O)c1nn(-c2ccc(F)cc2)c2c1CCC2. The highest BCUT2D eigenvalue weighted by atomic mass is 19.1. The maximum absolute atomic E-state index is 13.3. The number of carbonyl (C=O) groups is 1. The number of nitrogens with zero attached hydrogens (tertiary/aromatic N) is 3. The molecule has 1 unspecified atom stereocenters. The van der Waals surface area contributed by atoms with Gasteiger partial charge in [0.2, 0.25) is 0 Å². The first-order chi connectivity index (χ1) is 13.5. The molecule has 1 aliphatic rings. The van der Waals surface area contributed by atoms with Crippen molar-refractivity contribution >= 4 is 5.91 Å². The molecular formula is C22H21F2N3O. The molecule has 1 amide bonds. The molecule has 1 atom stereocenters. The highest BCUT2D eigenvalue weighted by Crippen LogP contribution is 2.30. The van der Waals surface area contributed by atoms with E-state index in [2.05, 4.69) is 5.10 Å². The van der Waals surface area contributed by atoms with E-state index < -0.39 is 0 Å². The molecule has 0 N–H and O–H groups in total. The quantitative estimate of drug-likeness (QED) is 0.669. The van der Waals surface area contributed by atoms with E-state index in [1.807, 2.05) is 6.92 Å². The van der Waals surface area contributed by atoms with Gasteiger partial charge in [0, 0.05) is 18.3 Å². The van der Waals surface area contributed by atoms with Gasteiger partial charge in [-0.2, -0.15) is 5.10 Å². The van der Waals surface area contributed by atoms with Crippen molar-refractivity contribution in [3.63, 3.8) is 0 Å². The minimum absolute atomic E-state index is 0.171. The predicted molar refractivity (Wildman–Crippen MR) is 102 cm³/mol. The summed E-state index contributed by atoms with van der Waals surface area (Å²) in [5, 5.41) is 4.59. The second-order valence-electron chi connectivity index (χ2n) is 7.16. The summed E-state index contributed by atoms with van der Waals surface area (Å²) in [6, 6.07) is 12.1. The molecule has 0 aliphatic heterocycles. The van der Waals surface area contributed by atoms with Crippen LogP contribution in [-0.2, 0) is 12.8 Å². The van der Waals surface area contributed by atoms with Crippen molar-refractivity contribution in [1.82, 2.24) is 14.7 Å². The lowest BCUT2D eigenvalue weighted by atomic mass is 10.1. The van der Waals surface area contributed by atoms with Crippen LogP contribution in [0.25, 0.3) is 5.69 Å². The predicted octanol–water partition coefficient (Wildman–Crippen LogP) is 4.47. The first kappa shape index (κ1) is 18.3. The Bertz CT molecular complexity index is 1010. The third-order valence-corrected chi connectivity index (χ3v) is 5.46. The van der Waals surface area contributed by atoms with Crippen LogP contribution in [0.3, 0.4) is 0 Å². The monoisotopic (exact) mass is 381 g/mol. The molecule has 1 aromatic heterocycles. The van der Waals surface area contributed by atoms with Crippen LogP contribution in [0, 0.1) is 11.6 Å². The summed E-state index contributed by atoms with van der Waals surface area (Å²) >= 11 is 0. The Morgan fingerprint density at radius 3 is 2.29 bits per heavy atom. The number of benzene rings is 2. The van der Waals surface area contributed by atoms with E-state index in [4.69, 9.17) is 0 Å².